The van der Waals surface area contributed by atoms with E-state index in [0.717, 1.165) is 5.75 Å². The van der Waals surface area contributed by atoms with Gasteiger partial charge in [-0.15, -0.1) is 0 Å². The molecule has 2 rings (SSSR count). The van der Waals surface area contributed by atoms with Gasteiger partial charge in [0.25, 0.3) is 5.91 Å². The van der Waals surface area contributed by atoms with Crippen LogP contribution in [0.3, 0.4) is 0 Å². The summed E-state index contributed by atoms with van der Waals surface area (Å²) in [6, 6.07) is 13.6. The highest BCUT2D eigenvalue weighted by molar-refractivity contribution is 6.00. The van der Waals surface area contributed by atoms with Crippen LogP contribution in [0.5, 0.6) is 5.75 Å². The Morgan fingerprint density at radius 1 is 0.920 bits per heavy atom. The summed E-state index contributed by atoms with van der Waals surface area (Å²) in [6.45, 7) is 6.31. The SMILES string of the molecule is CCOc1ccc(NC(=O)Nc2ccc(C(=O)NC(C)C)cc2)cc1. The molecule has 6 heteroatoms. The van der Waals surface area contributed by atoms with Crippen molar-refractivity contribution in [2.24, 2.45) is 0 Å². The molecule has 6 nitrogen and oxygen atoms in total. The van der Waals surface area contributed by atoms with Gasteiger partial charge in [-0.2, -0.15) is 0 Å². The van der Waals surface area contributed by atoms with Crippen LogP contribution in [0.2, 0.25) is 0 Å². The van der Waals surface area contributed by atoms with Crippen molar-refractivity contribution in [3.63, 3.8) is 0 Å². The third kappa shape index (κ3) is 5.84. The third-order valence-corrected chi connectivity index (χ3v) is 3.25. The number of hydrogen-bond acceptors (Lipinski definition) is 3. The number of carbonyl (C=O) groups excluding carboxylic acids is 2. The van der Waals surface area contributed by atoms with Gasteiger partial charge in [-0.05, 0) is 69.3 Å². The normalized spacial score (nSPS) is 10.2. The van der Waals surface area contributed by atoms with Crippen molar-refractivity contribution in [1.29, 1.82) is 0 Å². The predicted octanol–water partition coefficient (Wildman–Crippen LogP) is 3.87. The number of benzene rings is 2. The third-order valence-electron chi connectivity index (χ3n) is 3.25. The van der Waals surface area contributed by atoms with Crippen LogP contribution in [-0.4, -0.2) is 24.6 Å². The minimum absolute atomic E-state index is 0.0743. The van der Waals surface area contributed by atoms with E-state index in [1.54, 1.807) is 48.5 Å². The molecule has 0 saturated heterocycles. The van der Waals surface area contributed by atoms with E-state index in [0.29, 0.717) is 23.5 Å². The van der Waals surface area contributed by atoms with Crippen molar-refractivity contribution in [1.82, 2.24) is 5.32 Å². The number of anilines is 2. The van der Waals surface area contributed by atoms with Crippen molar-refractivity contribution in [2.75, 3.05) is 17.2 Å². The molecule has 3 amide bonds. The Morgan fingerprint density at radius 2 is 1.44 bits per heavy atom. The maximum absolute atomic E-state index is 12.0. The van der Waals surface area contributed by atoms with E-state index in [-0.39, 0.29) is 18.0 Å². The average molecular weight is 341 g/mol. The average Bonchev–Trinajstić information content (AvgIpc) is 2.57. The second-order valence-corrected chi connectivity index (χ2v) is 5.74. The number of hydrogen-bond donors (Lipinski definition) is 3. The first-order chi connectivity index (χ1) is 12.0. The molecule has 132 valence electrons. The lowest BCUT2D eigenvalue weighted by molar-refractivity contribution is 0.0943. The van der Waals surface area contributed by atoms with E-state index in [2.05, 4.69) is 16.0 Å². The summed E-state index contributed by atoms with van der Waals surface area (Å²) < 4.78 is 5.35. The molecule has 0 radical (unpaired) electrons. The van der Waals surface area contributed by atoms with Gasteiger partial charge in [0, 0.05) is 23.0 Å². The molecule has 0 aliphatic carbocycles. The zero-order valence-electron chi connectivity index (χ0n) is 14.6. The van der Waals surface area contributed by atoms with Crippen LogP contribution in [0, 0.1) is 0 Å². The minimum Gasteiger partial charge on any atom is -0.494 e. The molecule has 0 bridgehead atoms. The smallest absolute Gasteiger partial charge is 0.323 e. The van der Waals surface area contributed by atoms with Gasteiger partial charge in [0.15, 0.2) is 0 Å². The van der Waals surface area contributed by atoms with Crippen LogP contribution >= 0.6 is 0 Å². The Hall–Kier alpha value is -3.02. The Morgan fingerprint density at radius 3 is 1.92 bits per heavy atom. The Balaban J connectivity index is 1.90. The van der Waals surface area contributed by atoms with Gasteiger partial charge in [0.2, 0.25) is 0 Å². The zero-order chi connectivity index (χ0) is 18.2. The van der Waals surface area contributed by atoms with Crippen molar-refractivity contribution < 1.29 is 14.3 Å². The van der Waals surface area contributed by atoms with Gasteiger partial charge in [0.1, 0.15) is 5.75 Å². The molecule has 0 aromatic heterocycles. The fraction of sp³-hybridized carbons (Fsp3) is 0.263. The molecular weight excluding hydrogens is 318 g/mol. The lowest BCUT2D eigenvalue weighted by atomic mass is 10.2. The molecule has 0 fully saturated rings. The number of amides is 3. The summed E-state index contributed by atoms with van der Waals surface area (Å²) >= 11 is 0. The van der Waals surface area contributed by atoms with E-state index in [4.69, 9.17) is 4.74 Å². The van der Waals surface area contributed by atoms with Gasteiger partial charge in [-0.3, -0.25) is 4.79 Å². The minimum atomic E-state index is -0.358. The molecule has 0 saturated carbocycles. The lowest BCUT2D eigenvalue weighted by Gasteiger charge is -2.10. The quantitative estimate of drug-likeness (QED) is 0.746. The molecule has 0 unspecified atom stereocenters. The highest BCUT2D eigenvalue weighted by atomic mass is 16.5. The summed E-state index contributed by atoms with van der Waals surface area (Å²) in [6.07, 6.45) is 0. The first-order valence-corrected chi connectivity index (χ1v) is 8.19. The fourth-order valence-electron chi connectivity index (χ4n) is 2.15. The van der Waals surface area contributed by atoms with Crippen molar-refractivity contribution in [3.8, 4) is 5.75 Å². The van der Waals surface area contributed by atoms with Gasteiger partial charge in [-0.25, -0.2) is 4.79 Å². The van der Waals surface area contributed by atoms with Gasteiger partial charge >= 0.3 is 6.03 Å². The zero-order valence-corrected chi connectivity index (χ0v) is 14.6. The molecule has 0 aliphatic rings. The molecule has 0 heterocycles. The summed E-state index contributed by atoms with van der Waals surface area (Å²) in [5.41, 5.74) is 1.81. The van der Waals surface area contributed by atoms with Crippen molar-refractivity contribution in [2.45, 2.75) is 26.8 Å². The molecule has 25 heavy (non-hydrogen) atoms. The standard InChI is InChI=1S/C19H23N3O3/c1-4-25-17-11-9-16(10-12-17)22-19(24)21-15-7-5-14(6-8-15)18(23)20-13(2)3/h5-13H,4H2,1-3H3,(H,20,23)(H2,21,22,24). The predicted molar refractivity (Wildman–Crippen MR) is 99.3 cm³/mol. The second kappa shape index (κ2) is 8.73. The molecule has 3 N–H and O–H groups in total. The van der Waals surface area contributed by atoms with E-state index in [9.17, 15) is 9.59 Å². The summed E-state index contributed by atoms with van der Waals surface area (Å²) in [5.74, 6) is 0.615. The maximum Gasteiger partial charge on any atom is 0.323 e. The largest absolute Gasteiger partial charge is 0.494 e. The lowest BCUT2D eigenvalue weighted by Crippen LogP contribution is -2.30. The molecule has 2 aromatic rings. The maximum atomic E-state index is 12.0. The molecule has 0 atom stereocenters. The highest BCUT2D eigenvalue weighted by Crippen LogP contribution is 2.16. The first kappa shape index (κ1) is 18.3. The van der Waals surface area contributed by atoms with Gasteiger partial charge < -0.3 is 20.7 Å². The van der Waals surface area contributed by atoms with E-state index < -0.39 is 0 Å². The fourth-order valence-corrected chi connectivity index (χ4v) is 2.15. The number of carbonyl (C=O) groups is 2. The summed E-state index contributed by atoms with van der Waals surface area (Å²) in [5, 5.41) is 8.28. The van der Waals surface area contributed by atoms with Crippen molar-refractivity contribution in [3.05, 3.63) is 54.1 Å². The Bertz CT molecular complexity index is 710. The highest BCUT2D eigenvalue weighted by Gasteiger charge is 2.08. The molecular formula is C19H23N3O3. The monoisotopic (exact) mass is 341 g/mol. The number of rotatable bonds is 6. The molecule has 0 aliphatic heterocycles. The van der Waals surface area contributed by atoms with Crippen LogP contribution in [0.1, 0.15) is 31.1 Å². The Labute approximate surface area is 147 Å². The topological polar surface area (TPSA) is 79.5 Å². The van der Waals surface area contributed by atoms with E-state index >= 15 is 0 Å². The van der Waals surface area contributed by atoms with Gasteiger partial charge in [-0.1, -0.05) is 0 Å². The summed E-state index contributed by atoms with van der Waals surface area (Å²) in [7, 11) is 0. The van der Waals surface area contributed by atoms with Gasteiger partial charge in [0.05, 0.1) is 6.61 Å². The number of ether oxygens (including phenoxy) is 1. The molecule has 0 spiro atoms. The van der Waals surface area contributed by atoms with Crippen LogP contribution in [-0.2, 0) is 0 Å². The van der Waals surface area contributed by atoms with E-state index in [1.807, 2.05) is 20.8 Å². The number of urea groups is 1. The second-order valence-electron chi connectivity index (χ2n) is 5.74. The summed E-state index contributed by atoms with van der Waals surface area (Å²) in [4.78, 5) is 23.9. The van der Waals surface area contributed by atoms with Crippen LogP contribution in [0.15, 0.2) is 48.5 Å². The van der Waals surface area contributed by atoms with Crippen LogP contribution in [0.25, 0.3) is 0 Å². The number of nitrogens with one attached hydrogen (secondary N) is 3. The molecule has 2 aromatic carbocycles. The van der Waals surface area contributed by atoms with Crippen molar-refractivity contribution >= 4 is 23.3 Å². The van der Waals surface area contributed by atoms with E-state index in [1.165, 1.54) is 0 Å². The van der Waals surface area contributed by atoms with Crippen LogP contribution in [0.4, 0.5) is 16.2 Å². The Kier molecular flexibility index (Phi) is 6.39. The first-order valence-electron chi connectivity index (χ1n) is 8.19. The van der Waals surface area contributed by atoms with Crippen LogP contribution < -0.4 is 20.7 Å².